The Morgan fingerprint density at radius 2 is 1.54 bits per heavy atom. The van der Waals surface area contributed by atoms with Gasteiger partial charge in [0.05, 0.1) is 11.4 Å². The van der Waals surface area contributed by atoms with E-state index in [0.29, 0.717) is 5.92 Å². The largest absolute Gasteiger partial charge is 0.378 e. The third-order valence-electron chi connectivity index (χ3n) is 7.56. The van der Waals surface area contributed by atoms with Crippen LogP contribution in [0, 0.1) is 29.6 Å². The summed E-state index contributed by atoms with van der Waals surface area (Å²) in [6, 6.07) is 8.30. The number of nitrogens with one attached hydrogen (secondary N) is 3. The Bertz CT molecular complexity index is 671. The molecule has 1 amide bonds. The molecule has 5 aliphatic rings. The highest BCUT2D eigenvalue weighted by molar-refractivity contribution is 5.95. The van der Waals surface area contributed by atoms with Crippen LogP contribution in [0.25, 0.3) is 0 Å². The van der Waals surface area contributed by atoms with Crippen LogP contribution in [0.3, 0.4) is 0 Å². The summed E-state index contributed by atoms with van der Waals surface area (Å²) in [5, 5.41) is 10.4. The van der Waals surface area contributed by atoms with Crippen LogP contribution >= 0.6 is 24.8 Å². The minimum atomic E-state index is 0. The minimum absolute atomic E-state index is 0. The number of anilines is 2. The van der Waals surface area contributed by atoms with Gasteiger partial charge in [-0.15, -0.1) is 24.8 Å². The van der Waals surface area contributed by atoms with Gasteiger partial charge in [-0.25, -0.2) is 0 Å². The highest BCUT2D eigenvalue weighted by Crippen LogP contribution is 2.56. The van der Waals surface area contributed by atoms with Crippen LogP contribution in [0.15, 0.2) is 24.3 Å². The molecule has 1 heterocycles. The number of para-hydroxylation sites is 2. The lowest BCUT2D eigenvalue weighted by molar-refractivity contribution is -0.121. The van der Waals surface area contributed by atoms with E-state index in [-0.39, 0.29) is 42.2 Å². The molecule has 1 atom stereocenters. The van der Waals surface area contributed by atoms with Crippen molar-refractivity contribution in [2.75, 3.05) is 23.7 Å². The summed E-state index contributed by atoms with van der Waals surface area (Å²) in [6.45, 7) is 3.97. The first-order chi connectivity index (χ1) is 12.6. The summed E-state index contributed by atoms with van der Waals surface area (Å²) in [7, 11) is 0. The first-order valence-corrected chi connectivity index (χ1v) is 10.5. The van der Waals surface area contributed by atoms with E-state index in [0.717, 1.165) is 42.2 Å². The summed E-state index contributed by atoms with van der Waals surface area (Å²) in [4.78, 5) is 12.7. The molecule has 1 aliphatic heterocycles. The number of carbonyl (C=O) groups is 1. The Morgan fingerprint density at radius 3 is 2.04 bits per heavy atom. The zero-order valence-electron chi connectivity index (χ0n) is 16.6. The quantitative estimate of drug-likeness (QED) is 0.640. The molecular weight excluding hydrogens is 393 g/mol. The number of rotatable bonds is 5. The third-order valence-corrected chi connectivity index (χ3v) is 7.56. The summed E-state index contributed by atoms with van der Waals surface area (Å²) in [5.41, 5.74) is 2.33. The molecule has 3 N–H and O–H groups in total. The van der Waals surface area contributed by atoms with Crippen LogP contribution in [0.5, 0.6) is 0 Å². The molecule has 5 fully saturated rings. The van der Waals surface area contributed by atoms with Crippen molar-refractivity contribution in [3.8, 4) is 0 Å². The first kappa shape index (κ1) is 21.7. The van der Waals surface area contributed by atoms with Crippen molar-refractivity contribution in [2.45, 2.75) is 51.0 Å². The fraction of sp³-hybridized carbons (Fsp3) is 0.682. The first-order valence-electron chi connectivity index (χ1n) is 10.5. The molecule has 4 bridgehead atoms. The van der Waals surface area contributed by atoms with Crippen molar-refractivity contribution < 1.29 is 4.79 Å². The molecule has 0 spiro atoms. The molecule has 6 rings (SSSR count). The van der Waals surface area contributed by atoms with E-state index in [2.05, 4.69) is 35.0 Å². The molecule has 4 aliphatic carbocycles. The topological polar surface area (TPSA) is 53.2 Å². The Balaban J connectivity index is 0.00000112. The van der Waals surface area contributed by atoms with Gasteiger partial charge in [0, 0.05) is 11.5 Å². The molecule has 0 radical (unpaired) electrons. The lowest BCUT2D eigenvalue weighted by Gasteiger charge is -2.57. The van der Waals surface area contributed by atoms with Gasteiger partial charge in [-0.3, -0.25) is 4.79 Å². The number of carbonyl (C=O) groups excluding carboxylic acids is 1. The smallest absolute Gasteiger partial charge is 0.227 e. The van der Waals surface area contributed by atoms with Gasteiger partial charge in [0.25, 0.3) is 0 Å². The lowest BCUT2D eigenvalue weighted by atomic mass is 9.53. The van der Waals surface area contributed by atoms with Crippen molar-refractivity contribution >= 4 is 42.1 Å². The van der Waals surface area contributed by atoms with Gasteiger partial charge < -0.3 is 16.0 Å². The maximum atomic E-state index is 12.7. The van der Waals surface area contributed by atoms with Gasteiger partial charge in [0.1, 0.15) is 0 Å². The molecule has 4 saturated carbocycles. The highest BCUT2D eigenvalue weighted by Gasteiger charge is 2.51. The van der Waals surface area contributed by atoms with Crippen LogP contribution in [-0.2, 0) is 4.79 Å². The molecule has 1 aromatic rings. The number of amides is 1. The van der Waals surface area contributed by atoms with Gasteiger partial charge in [-0.1, -0.05) is 19.1 Å². The average molecular weight is 426 g/mol. The molecule has 1 saturated heterocycles. The van der Waals surface area contributed by atoms with Gasteiger partial charge in [-0.2, -0.15) is 0 Å². The Morgan fingerprint density at radius 1 is 1.00 bits per heavy atom. The van der Waals surface area contributed by atoms with E-state index < -0.39 is 0 Å². The van der Waals surface area contributed by atoms with Gasteiger partial charge in [0.15, 0.2) is 0 Å². The standard InChI is InChI=1S/C22H31N3O.2ClH/c1-14(18-12-23-13-18)21(26)24-19-4-2-3-5-20(19)25-22-9-15-6-16(10-22)8-17(7-15)11-22;;/h2-5,14-18,23,25H,6-13H2,1H3,(H,24,26);2*1H. The Labute approximate surface area is 180 Å². The molecule has 1 unspecified atom stereocenters. The van der Waals surface area contributed by atoms with Crippen LogP contribution in [-0.4, -0.2) is 24.5 Å². The highest BCUT2D eigenvalue weighted by atomic mass is 35.5. The molecule has 4 nitrogen and oxygen atoms in total. The molecule has 0 aromatic heterocycles. The van der Waals surface area contributed by atoms with Crippen LogP contribution < -0.4 is 16.0 Å². The monoisotopic (exact) mass is 425 g/mol. The average Bonchev–Trinajstić information content (AvgIpc) is 2.53. The third kappa shape index (κ3) is 4.01. The second-order valence-corrected chi connectivity index (χ2v) is 9.56. The van der Waals surface area contributed by atoms with E-state index in [1.54, 1.807) is 0 Å². The molecule has 156 valence electrons. The number of benzene rings is 1. The maximum Gasteiger partial charge on any atom is 0.227 e. The molecular formula is C22H33Cl2N3O. The summed E-state index contributed by atoms with van der Waals surface area (Å²) >= 11 is 0. The minimum Gasteiger partial charge on any atom is -0.378 e. The van der Waals surface area contributed by atoms with Crippen LogP contribution in [0.4, 0.5) is 11.4 Å². The van der Waals surface area contributed by atoms with Crippen molar-refractivity contribution in [2.24, 2.45) is 29.6 Å². The zero-order valence-corrected chi connectivity index (χ0v) is 18.2. The molecule has 6 heteroatoms. The van der Waals surface area contributed by atoms with E-state index in [1.165, 1.54) is 38.5 Å². The van der Waals surface area contributed by atoms with Crippen LogP contribution in [0.1, 0.15) is 45.4 Å². The molecule has 1 aromatic carbocycles. The second-order valence-electron chi connectivity index (χ2n) is 9.56. The fourth-order valence-corrected chi connectivity index (χ4v) is 6.38. The maximum absolute atomic E-state index is 12.7. The summed E-state index contributed by atoms with van der Waals surface area (Å²) in [5.74, 6) is 3.43. The van der Waals surface area contributed by atoms with Crippen molar-refractivity contribution in [3.63, 3.8) is 0 Å². The SMILES string of the molecule is CC(C(=O)Nc1ccccc1NC12CC3CC(CC(C3)C1)C2)C1CNC1.Cl.Cl. The fourth-order valence-electron chi connectivity index (χ4n) is 6.38. The van der Waals surface area contributed by atoms with E-state index in [1.807, 2.05) is 12.1 Å². The number of halogens is 2. The number of hydrogen-bond donors (Lipinski definition) is 3. The van der Waals surface area contributed by atoms with E-state index >= 15 is 0 Å². The molecule has 28 heavy (non-hydrogen) atoms. The van der Waals surface area contributed by atoms with E-state index in [4.69, 9.17) is 0 Å². The lowest BCUT2D eigenvalue weighted by Crippen LogP contribution is -2.54. The van der Waals surface area contributed by atoms with Gasteiger partial charge >= 0.3 is 0 Å². The predicted molar refractivity (Wildman–Crippen MR) is 120 cm³/mol. The Hall–Kier alpha value is -0.970. The van der Waals surface area contributed by atoms with E-state index in [9.17, 15) is 4.79 Å². The normalized spacial score (nSPS) is 33.8. The summed E-state index contributed by atoms with van der Waals surface area (Å²) in [6.07, 6.45) is 8.28. The number of hydrogen-bond acceptors (Lipinski definition) is 3. The van der Waals surface area contributed by atoms with Gasteiger partial charge in [-0.05, 0) is 87.4 Å². The summed E-state index contributed by atoms with van der Waals surface area (Å²) < 4.78 is 0. The second kappa shape index (κ2) is 8.41. The van der Waals surface area contributed by atoms with Crippen molar-refractivity contribution in [1.82, 2.24) is 5.32 Å². The van der Waals surface area contributed by atoms with Gasteiger partial charge in [0.2, 0.25) is 5.91 Å². The van der Waals surface area contributed by atoms with Crippen LogP contribution in [0.2, 0.25) is 0 Å². The van der Waals surface area contributed by atoms with Crippen molar-refractivity contribution in [1.29, 1.82) is 0 Å². The van der Waals surface area contributed by atoms with Crippen molar-refractivity contribution in [3.05, 3.63) is 24.3 Å². The Kier molecular flexibility index (Phi) is 6.53. The zero-order chi connectivity index (χ0) is 17.7. The predicted octanol–water partition coefficient (Wildman–Crippen LogP) is 4.70.